The second kappa shape index (κ2) is 9.98. The van der Waals surface area contributed by atoms with Crippen LogP contribution in [0.2, 0.25) is 5.02 Å². The number of nitrogens with zero attached hydrogens (tertiary/aromatic N) is 1. The van der Waals surface area contributed by atoms with Crippen molar-refractivity contribution in [3.63, 3.8) is 0 Å². The molecule has 2 rings (SSSR count). The Kier molecular flexibility index (Phi) is 7.90. The third-order valence-electron chi connectivity index (χ3n) is 3.69. The van der Waals surface area contributed by atoms with E-state index in [-0.39, 0.29) is 18.0 Å². The highest BCUT2D eigenvalue weighted by Crippen LogP contribution is 2.19. The highest BCUT2D eigenvalue weighted by Gasteiger charge is 2.25. The summed E-state index contributed by atoms with van der Waals surface area (Å²) >= 11 is 5.83. The minimum Gasteiger partial charge on any atom is -0.481 e. The molecule has 0 bridgehead atoms. The summed E-state index contributed by atoms with van der Waals surface area (Å²) < 4.78 is 36.9. The molecule has 0 aliphatic carbocycles. The maximum absolute atomic E-state index is 12.6. The number of halogens is 1. The van der Waals surface area contributed by atoms with Gasteiger partial charge in [-0.1, -0.05) is 23.4 Å². The van der Waals surface area contributed by atoms with Crippen molar-refractivity contribution in [1.29, 1.82) is 0 Å². The van der Waals surface area contributed by atoms with Crippen molar-refractivity contribution >= 4 is 27.6 Å². The molecule has 0 unspecified atom stereocenters. The van der Waals surface area contributed by atoms with Gasteiger partial charge < -0.3 is 9.47 Å². The van der Waals surface area contributed by atoms with Gasteiger partial charge in [0.25, 0.3) is 0 Å². The van der Waals surface area contributed by atoms with Crippen LogP contribution in [0.5, 0.6) is 5.75 Å². The van der Waals surface area contributed by atoms with E-state index >= 15 is 0 Å². The Bertz CT molecular complexity index is 1030. The number of hydrogen-bond acceptors (Lipinski definition) is 5. The van der Waals surface area contributed by atoms with E-state index in [1.165, 1.54) is 31.3 Å². The van der Waals surface area contributed by atoms with E-state index < -0.39 is 21.6 Å². The second-order valence-electron chi connectivity index (χ2n) is 7.42. The van der Waals surface area contributed by atoms with Gasteiger partial charge in [-0.3, -0.25) is 4.79 Å². The topological polar surface area (TPSA) is 72.9 Å². The number of rotatable bonds is 6. The van der Waals surface area contributed by atoms with Crippen molar-refractivity contribution in [2.24, 2.45) is 0 Å². The van der Waals surface area contributed by atoms with Crippen LogP contribution in [-0.2, 0) is 19.6 Å². The normalized spacial score (nSPS) is 11.5. The van der Waals surface area contributed by atoms with Gasteiger partial charge in [0, 0.05) is 17.6 Å². The number of carbonyl (C=O) groups is 1. The predicted molar refractivity (Wildman–Crippen MR) is 116 cm³/mol. The third kappa shape index (κ3) is 7.38. The molecule has 2 aromatic rings. The molecule has 0 saturated heterocycles. The Hall–Kier alpha value is -2.53. The van der Waals surface area contributed by atoms with Crippen molar-refractivity contribution in [3.05, 3.63) is 59.1 Å². The van der Waals surface area contributed by atoms with Crippen LogP contribution in [0.3, 0.4) is 0 Å². The third-order valence-corrected chi connectivity index (χ3v) is 5.76. The van der Waals surface area contributed by atoms with Gasteiger partial charge in [0.2, 0.25) is 10.0 Å². The van der Waals surface area contributed by atoms with Gasteiger partial charge in [0.15, 0.2) is 0 Å². The van der Waals surface area contributed by atoms with Gasteiger partial charge in [-0.05, 0) is 69.3 Å². The molecule has 0 aliphatic rings. The Morgan fingerprint density at radius 1 is 1.07 bits per heavy atom. The molecule has 2 aromatic carbocycles. The van der Waals surface area contributed by atoms with Crippen LogP contribution >= 0.6 is 11.6 Å². The van der Waals surface area contributed by atoms with Crippen molar-refractivity contribution in [3.8, 4) is 17.6 Å². The SMILES string of the molecule is CN(CC(=O)OC(C)(C)C)S(=O)(=O)c1ccc(OCC#Cc2ccc(Cl)cc2)cc1. The maximum atomic E-state index is 12.6. The number of hydrogen-bond donors (Lipinski definition) is 0. The van der Waals surface area contributed by atoms with Crippen LogP contribution in [0, 0.1) is 11.8 Å². The molecule has 8 heteroatoms. The van der Waals surface area contributed by atoms with E-state index in [9.17, 15) is 13.2 Å². The van der Waals surface area contributed by atoms with E-state index in [1.54, 1.807) is 32.9 Å². The molecule has 0 aliphatic heterocycles. The van der Waals surface area contributed by atoms with Gasteiger partial charge in [-0.25, -0.2) is 8.42 Å². The summed E-state index contributed by atoms with van der Waals surface area (Å²) in [5.74, 6) is 5.69. The summed E-state index contributed by atoms with van der Waals surface area (Å²) in [5.41, 5.74) is 0.134. The maximum Gasteiger partial charge on any atom is 0.321 e. The summed E-state index contributed by atoms with van der Waals surface area (Å²) in [5, 5.41) is 0.642. The summed E-state index contributed by atoms with van der Waals surface area (Å²) in [6.07, 6.45) is 0. The summed E-state index contributed by atoms with van der Waals surface area (Å²) in [6.45, 7) is 4.93. The molecule has 6 nitrogen and oxygen atoms in total. The Morgan fingerprint density at radius 2 is 1.67 bits per heavy atom. The first-order valence-electron chi connectivity index (χ1n) is 9.13. The van der Waals surface area contributed by atoms with E-state index in [1.807, 2.05) is 12.1 Å². The number of carbonyl (C=O) groups excluding carboxylic acids is 1. The Labute approximate surface area is 182 Å². The van der Waals surface area contributed by atoms with E-state index in [2.05, 4.69) is 11.8 Å². The van der Waals surface area contributed by atoms with Crippen LogP contribution in [-0.4, -0.2) is 44.5 Å². The molecule has 0 saturated carbocycles. The smallest absolute Gasteiger partial charge is 0.321 e. The number of esters is 1. The van der Waals surface area contributed by atoms with Crippen LogP contribution < -0.4 is 4.74 Å². The first-order valence-corrected chi connectivity index (χ1v) is 10.9. The fourth-order valence-corrected chi connectivity index (χ4v) is 3.56. The van der Waals surface area contributed by atoms with Crippen LogP contribution in [0.25, 0.3) is 0 Å². The molecule has 30 heavy (non-hydrogen) atoms. The quantitative estimate of drug-likeness (QED) is 0.496. The molecular weight excluding hydrogens is 426 g/mol. The lowest BCUT2D eigenvalue weighted by molar-refractivity contribution is -0.154. The lowest BCUT2D eigenvalue weighted by atomic mass is 10.2. The van der Waals surface area contributed by atoms with Crippen LogP contribution in [0.15, 0.2) is 53.4 Å². The molecule has 0 radical (unpaired) electrons. The zero-order valence-electron chi connectivity index (χ0n) is 17.3. The zero-order valence-corrected chi connectivity index (χ0v) is 18.9. The van der Waals surface area contributed by atoms with Crippen LogP contribution in [0.1, 0.15) is 26.3 Å². The van der Waals surface area contributed by atoms with Crippen LogP contribution in [0.4, 0.5) is 0 Å². The highest BCUT2D eigenvalue weighted by atomic mass is 35.5. The largest absolute Gasteiger partial charge is 0.481 e. The first-order chi connectivity index (χ1) is 14.0. The van der Waals surface area contributed by atoms with Gasteiger partial charge in [0.1, 0.15) is 24.5 Å². The summed E-state index contributed by atoms with van der Waals surface area (Å²) in [6, 6.07) is 13.0. The molecule has 160 valence electrons. The lowest BCUT2D eigenvalue weighted by Gasteiger charge is -2.22. The zero-order chi connectivity index (χ0) is 22.4. The van der Waals surface area contributed by atoms with Gasteiger partial charge in [-0.15, -0.1) is 0 Å². The minimum atomic E-state index is -3.83. The van der Waals surface area contributed by atoms with Crippen molar-refractivity contribution < 1.29 is 22.7 Å². The van der Waals surface area contributed by atoms with Crippen molar-refractivity contribution in [1.82, 2.24) is 4.31 Å². The number of sulfonamides is 1. The minimum absolute atomic E-state index is 0.0492. The van der Waals surface area contributed by atoms with Gasteiger partial charge in [0.05, 0.1) is 4.90 Å². The van der Waals surface area contributed by atoms with E-state index in [4.69, 9.17) is 21.1 Å². The summed E-state index contributed by atoms with van der Waals surface area (Å²) in [7, 11) is -2.50. The molecule has 0 fully saturated rings. The fourth-order valence-electron chi connectivity index (χ4n) is 2.32. The van der Waals surface area contributed by atoms with Crippen molar-refractivity contribution in [2.75, 3.05) is 20.2 Å². The molecule has 0 aromatic heterocycles. The average molecular weight is 450 g/mol. The van der Waals surface area contributed by atoms with Gasteiger partial charge in [-0.2, -0.15) is 4.31 Å². The monoisotopic (exact) mass is 449 g/mol. The second-order valence-corrected chi connectivity index (χ2v) is 9.90. The predicted octanol–water partition coefficient (Wildman–Crippen LogP) is 3.73. The Balaban J connectivity index is 1.95. The highest BCUT2D eigenvalue weighted by molar-refractivity contribution is 7.89. The van der Waals surface area contributed by atoms with E-state index in [0.717, 1.165) is 9.87 Å². The molecule has 0 atom stereocenters. The molecule has 0 spiro atoms. The fraction of sp³-hybridized carbons (Fsp3) is 0.318. The standard InChI is InChI=1S/C22H24ClNO5S/c1-22(2,3)29-21(25)16-24(4)30(26,27)20-13-11-19(12-14-20)28-15-5-6-17-7-9-18(23)10-8-17/h7-14H,15-16H2,1-4H3. The molecular formula is C22H24ClNO5S. The average Bonchev–Trinajstić information content (AvgIpc) is 2.65. The molecule has 0 amide bonds. The Morgan fingerprint density at radius 3 is 2.23 bits per heavy atom. The molecule has 0 heterocycles. The number of ether oxygens (including phenoxy) is 2. The first kappa shape index (κ1) is 23.7. The van der Waals surface area contributed by atoms with E-state index in [0.29, 0.717) is 10.8 Å². The van der Waals surface area contributed by atoms with Gasteiger partial charge >= 0.3 is 5.97 Å². The molecule has 0 N–H and O–H groups in total. The summed E-state index contributed by atoms with van der Waals surface area (Å²) in [4.78, 5) is 11.9. The lowest BCUT2D eigenvalue weighted by Crippen LogP contribution is -2.36. The number of benzene rings is 2. The number of likely N-dealkylation sites (N-methyl/N-ethyl adjacent to an activating group) is 1. The van der Waals surface area contributed by atoms with Crippen molar-refractivity contribution in [2.45, 2.75) is 31.3 Å².